The van der Waals surface area contributed by atoms with Gasteiger partial charge in [-0.05, 0) is 31.2 Å². The van der Waals surface area contributed by atoms with Crippen LogP contribution < -0.4 is 20.1 Å². The van der Waals surface area contributed by atoms with Crippen molar-refractivity contribution >= 4 is 23.2 Å². The third-order valence-electron chi connectivity index (χ3n) is 3.31. The summed E-state index contributed by atoms with van der Waals surface area (Å²) >= 11 is 0. The quantitative estimate of drug-likeness (QED) is 0.909. The highest BCUT2D eigenvalue weighted by Crippen LogP contribution is 2.31. The van der Waals surface area contributed by atoms with E-state index in [0.29, 0.717) is 22.9 Å². The van der Waals surface area contributed by atoms with Crippen LogP contribution in [0.5, 0.6) is 11.5 Å². The van der Waals surface area contributed by atoms with Crippen molar-refractivity contribution in [1.82, 2.24) is 0 Å². The fourth-order valence-electron chi connectivity index (χ4n) is 2.16. The molecule has 3 rings (SSSR count). The number of amides is 2. The molecule has 6 heteroatoms. The molecule has 0 aliphatic carbocycles. The highest BCUT2D eigenvalue weighted by Gasteiger charge is 2.19. The smallest absolute Gasteiger partial charge is 0.265 e. The van der Waals surface area contributed by atoms with Crippen LogP contribution >= 0.6 is 0 Å². The van der Waals surface area contributed by atoms with Gasteiger partial charge in [-0.1, -0.05) is 18.2 Å². The van der Waals surface area contributed by atoms with Crippen molar-refractivity contribution in [2.45, 2.75) is 13.0 Å². The highest BCUT2D eigenvalue weighted by molar-refractivity contribution is 5.96. The van der Waals surface area contributed by atoms with E-state index in [-0.39, 0.29) is 18.4 Å². The van der Waals surface area contributed by atoms with Crippen LogP contribution in [0.2, 0.25) is 0 Å². The van der Waals surface area contributed by atoms with Gasteiger partial charge >= 0.3 is 0 Å². The van der Waals surface area contributed by atoms with Gasteiger partial charge in [0, 0.05) is 11.8 Å². The van der Waals surface area contributed by atoms with Gasteiger partial charge < -0.3 is 20.1 Å². The summed E-state index contributed by atoms with van der Waals surface area (Å²) in [4.78, 5) is 23.5. The number of fused-ring (bicyclic) bond motifs is 1. The topological polar surface area (TPSA) is 76.7 Å². The Bertz CT molecular complexity index is 731. The van der Waals surface area contributed by atoms with Gasteiger partial charge in [-0.15, -0.1) is 0 Å². The minimum Gasteiger partial charge on any atom is -0.482 e. The second-order valence-corrected chi connectivity index (χ2v) is 5.11. The van der Waals surface area contributed by atoms with Crippen molar-refractivity contribution in [3.05, 3.63) is 48.5 Å². The van der Waals surface area contributed by atoms with Gasteiger partial charge in [0.2, 0.25) is 0 Å². The third kappa shape index (κ3) is 3.60. The molecule has 1 aliphatic heterocycles. The van der Waals surface area contributed by atoms with Gasteiger partial charge in [0.15, 0.2) is 12.7 Å². The van der Waals surface area contributed by atoms with Crippen LogP contribution in [0.3, 0.4) is 0 Å². The number of ether oxygens (including phenoxy) is 2. The summed E-state index contributed by atoms with van der Waals surface area (Å²) in [6, 6.07) is 14.2. The van der Waals surface area contributed by atoms with Crippen molar-refractivity contribution in [3.8, 4) is 11.5 Å². The lowest BCUT2D eigenvalue weighted by Gasteiger charge is -2.20. The number of anilines is 2. The summed E-state index contributed by atoms with van der Waals surface area (Å²) in [5, 5.41) is 5.47. The second kappa shape index (κ2) is 6.39. The Morgan fingerprint density at radius 3 is 2.83 bits per heavy atom. The minimum atomic E-state index is -0.687. The number of carbonyl (C=O) groups excluding carboxylic acids is 2. The lowest BCUT2D eigenvalue weighted by Crippen LogP contribution is -2.30. The zero-order valence-corrected chi connectivity index (χ0v) is 12.5. The summed E-state index contributed by atoms with van der Waals surface area (Å²) in [7, 11) is 0. The van der Waals surface area contributed by atoms with E-state index in [4.69, 9.17) is 9.47 Å². The van der Waals surface area contributed by atoms with E-state index in [2.05, 4.69) is 10.6 Å². The van der Waals surface area contributed by atoms with E-state index in [0.717, 1.165) is 0 Å². The van der Waals surface area contributed by atoms with Crippen molar-refractivity contribution in [3.63, 3.8) is 0 Å². The molecule has 0 radical (unpaired) electrons. The average Bonchev–Trinajstić information content (AvgIpc) is 2.55. The molecule has 2 N–H and O–H groups in total. The van der Waals surface area contributed by atoms with Crippen LogP contribution in [0.4, 0.5) is 11.4 Å². The lowest BCUT2D eigenvalue weighted by molar-refractivity contribution is -0.122. The maximum Gasteiger partial charge on any atom is 0.265 e. The predicted octanol–water partition coefficient (Wildman–Crippen LogP) is 2.42. The van der Waals surface area contributed by atoms with Crippen molar-refractivity contribution < 1.29 is 19.1 Å². The molecule has 1 heterocycles. The van der Waals surface area contributed by atoms with E-state index >= 15 is 0 Å². The Morgan fingerprint density at radius 1 is 1.26 bits per heavy atom. The first-order valence-corrected chi connectivity index (χ1v) is 7.21. The molecule has 1 aliphatic rings. The molecule has 23 heavy (non-hydrogen) atoms. The molecular weight excluding hydrogens is 296 g/mol. The average molecular weight is 312 g/mol. The largest absolute Gasteiger partial charge is 0.482 e. The van der Waals surface area contributed by atoms with E-state index < -0.39 is 6.10 Å². The van der Waals surface area contributed by atoms with Crippen LogP contribution in [0, 0.1) is 0 Å². The molecule has 2 aromatic rings. The van der Waals surface area contributed by atoms with E-state index in [9.17, 15) is 9.59 Å². The Morgan fingerprint density at radius 2 is 2.04 bits per heavy atom. The molecule has 118 valence electrons. The molecule has 1 unspecified atom stereocenters. The van der Waals surface area contributed by atoms with E-state index in [1.165, 1.54) is 0 Å². The Balaban J connectivity index is 1.65. The lowest BCUT2D eigenvalue weighted by atomic mass is 10.2. The summed E-state index contributed by atoms with van der Waals surface area (Å²) in [5.41, 5.74) is 1.24. The van der Waals surface area contributed by atoms with Crippen molar-refractivity contribution in [1.29, 1.82) is 0 Å². The number of hydrogen-bond donors (Lipinski definition) is 2. The molecule has 2 aromatic carbocycles. The van der Waals surface area contributed by atoms with Gasteiger partial charge in [-0.3, -0.25) is 9.59 Å². The van der Waals surface area contributed by atoms with Crippen LogP contribution in [-0.4, -0.2) is 24.5 Å². The van der Waals surface area contributed by atoms with Crippen LogP contribution in [0.1, 0.15) is 6.92 Å². The molecule has 0 bridgehead atoms. The zero-order valence-electron chi connectivity index (χ0n) is 12.5. The number of rotatable bonds is 4. The Hall–Kier alpha value is -3.02. The first kappa shape index (κ1) is 14.9. The van der Waals surface area contributed by atoms with E-state index in [1.807, 2.05) is 18.2 Å². The van der Waals surface area contributed by atoms with Crippen molar-refractivity contribution in [2.24, 2.45) is 0 Å². The molecule has 6 nitrogen and oxygen atoms in total. The molecular formula is C17H16N2O4. The van der Waals surface area contributed by atoms with Gasteiger partial charge in [0.1, 0.15) is 11.5 Å². The third-order valence-corrected chi connectivity index (χ3v) is 3.31. The second-order valence-electron chi connectivity index (χ2n) is 5.11. The first-order chi connectivity index (χ1) is 11.1. The van der Waals surface area contributed by atoms with Crippen molar-refractivity contribution in [2.75, 3.05) is 17.2 Å². The first-order valence-electron chi connectivity index (χ1n) is 7.21. The van der Waals surface area contributed by atoms with Crippen LogP contribution in [0.25, 0.3) is 0 Å². The maximum absolute atomic E-state index is 12.1. The number of nitrogens with one attached hydrogen (secondary N) is 2. The maximum atomic E-state index is 12.1. The number of para-hydroxylation sites is 1. The van der Waals surface area contributed by atoms with Crippen LogP contribution in [-0.2, 0) is 9.59 Å². The molecule has 0 fully saturated rings. The fraction of sp³-hybridized carbons (Fsp3) is 0.176. The highest BCUT2D eigenvalue weighted by atomic mass is 16.5. The molecule has 0 aromatic heterocycles. The molecule has 1 atom stereocenters. The normalized spacial score (nSPS) is 14.0. The summed E-state index contributed by atoms with van der Waals surface area (Å²) in [6.07, 6.45) is -0.687. The minimum absolute atomic E-state index is 0.00306. The standard InChI is InChI=1S/C17H16N2O4/c1-11(17(21)18-12-5-3-2-4-6-12)23-13-7-8-15-14(9-13)19-16(20)10-22-15/h2-9,11H,10H2,1H3,(H,18,21)(H,19,20). The summed E-state index contributed by atoms with van der Waals surface area (Å²) < 4.78 is 10.9. The monoisotopic (exact) mass is 312 g/mol. The SMILES string of the molecule is CC(Oc1ccc2c(c1)NC(=O)CO2)C(=O)Nc1ccccc1. The zero-order chi connectivity index (χ0) is 16.2. The Kier molecular flexibility index (Phi) is 4.14. The van der Waals surface area contributed by atoms with Gasteiger partial charge in [0.05, 0.1) is 5.69 Å². The van der Waals surface area contributed by atoms with Gasteiger partial charge in [-0.2, -0.15) is 0 Å². The molecule has 2 amide bonds. The van der Waals surface area contributed by atoms with Gasteiger partial charge in [-0.25, -0.2) is 0 Å². The summed E-state index contributed by atoms with van der Waals surface area (Å²) in [5.74, 6) is 0.585. The Labute approximate surface area is 133 Å². The summed E-state index contributed by atoms with van der Waals surface area (Å²) in [6.45, 7) is 1.66. The number of hydrogen-bond acceptors (Lipinski definition) is 4. The number of benzene rings is 2. The molecule has 0 saturated carbocycles. The number of carbonyl (C=O) groups is 2. The predicted molar refractivity (Wildman–Crippen MR) is 85.7 cm³/mol. The molecule has 0 spiro atoms. The van der Waals surface area contributed by atoms with Crippen LogP contribution in [0.15, 0.2) is 48.5 Å². The van der Waals surface area contributed by atoms with E-state index in [1.54, 1.807) is 37.3 Å². The fourth-order valence-corrected chi connectivity index (χ4v) is 2.16. The molecule has 0 saturated heterocycles. The van der Waals surface area contributed by atoms with Gasteiger partial charge in [0.25, 0.3) is 11.8 Å².